The molecule has 1 aromatic carbocycles. The summed E-state index contributed by atoms with van der Waals surface area (Å²) in [6, 6.07) is 10.7. The van der Waals surface area contributed by atoms with Crippen molar-refractivity contribution >= 4 is 10.9 Å². The summed E-state index contributed by atoms with van der Waals surface area (Å²) in [5.41, 5.74) is 5.01. The summed E-state index contributed by atoms with van der Waals surface area (Å²) in [6.45, 7) is 5.21. The van der Waals surface area contributed by atoms with Crippen LogP contribution in [-0.2, 0) is 19.5 Å². The largest absolute Gasteiger partial charge is 0.302 e. The van der Waals surface area contributed by atoms with Crippen molar-refractivity contribution in [2.45, 2.75) is 38.3 Å². The van der Waals surface area contributed by atoms with Crippen LogP contribution in [0.15, 0.2) is 42.7 Å². The van der Waals surface area contributed by atoms with Gasteiger partial charge in [0.15, 0.2) is 0 Å². The molecule has 4 heterocycles. The molecule has 0 radical (unpaired) electrons. The lowest BCUT2D eigenvalue weighted by Gasteiger charge is -2.33. The predicted molar refractivity (Wildman–Crippen MR) is 111 cm³/mol. The number of hydrogen-bond acceptors (Lipinski definition) is 5. The van der Waals surface area contributed by atoms with E-state index in [2.05, 4.69) is 52.3 Å². The van der Waals surface area contributed by atoms with Gasteiger partial charge in [-0.15, -0.1) is 0 Å². The second-order valence-corrected chi connectivity index (χ2v) is 8.25. The summed E-state index contributed by atoms with van der Waals surface area (Å²) in [5, 5.41) is 1.27. The number of aromatic nitrogens is 3. The van der Waals surface area contributed by atoms with E-state index in [1.54, 1.807) is 0 Å². The lowest BCUT2D eigenvalue weighted by Crippen LogP contribution is -2.35. The van der Waals surface area contributed by atoms with Gasteiger partial charge in [0.05, 0.1) is 5.52 Å². The number of pyridine rings is 1. The highest BCUT2D eigenvalue weighted by atomic mass is 15.1. The van der Waals surface area contributed by atoms with Gasteiger partial charge >= 0.3 is 0 Å². The summed E-state index contributed by atoms with van der Waals surface area (Å²) in [6.07, 6.45) is 7.38. The SMILES string of the molecule is CN1CCc2nc([C@@H]3CCCN(Cc4cccc5ncccc45)C3)ncc2C1. The molecule has 5 nitrogen and oxygen atoms in total. The second kappa shape index (κ2) is 7.57. The summed E-state index contributed by atoms with van der Waals surface area (Å²) in [4.78, 5) is 19.2. The van der Waals surface area contributed by atoms with E-state index in [9.17, 15) is 0 Å². The van der Waals surface area contributed by atoms with Crippen LogP contribution < -0.4 is 0 Å². The van der Waals surface area contributed by atoms with Crippen LogP contribution in [0.1, 0.15) is 41.4 Å². The molecular formula is C23H27N5. The highest BCUT2D eigenvalue weighted by Crippen LogP contribution is 2.28. The Balaban J connectivity index is 1.34. The van der Waals surface area contributed by atoms with Gasteiger partial charge in [0.25, 0.3) is 0 Å². The predicted octanol–water partition coefficient (Wildman–Crippen LogP) is 3.39. The molecule has 0 aliphatic carbocycles. The van der Waals surface area contributed by atoms with Crippen molar-refractivity contribution in [2.75, 3.05) is 26.7 Å². The van der Waals surface area contributed by atoms with Gasteiger partial charge in [0.2, 0.25) is 0 Å². The van der Waals surface area contributed by atoms with Gasteiger partial charge in [-0.1, -0.05) is 18.2 Å². The van der Waals surface area contributed by atoms with Crippen molar-refractivity contribution in [3.8, 4) is 0 Å². The van der Waals surface area contributed by atoms with E-state index < -0.39 is 0 Å². The molecule has 1 saturated heterocycles. The quantitative estimate of drug-likeness (QED) is 0.704. The fourth-order valence-electron chi connectivity index (χ4n) is 4.63. The van der Waals surface area contributed by atoms with Gasteiger partial charge < -0.3 is 4.90 Å². The van der Waals surface area contributed by atoms with E-state index in [1.807, 2.05) is 12.3 Å². The van der Waals surface area contributed by atoms with Crippen molar-refractivity contribution in [1.29, 1.82) is 0 Å². The Bertz CT molecular complexity index is 980. The zero-order valence-electron chi connectivity index (χ0n) is 16.5. The number of nitrogens with zero attached hydrogens (tertiary/aromatic N) is 5. The standard InChI is InChI=1S/C23H27N5/c1-27-12-9-21-19(14-27)13-25-23(26-21)18-6-4-11-28(16-18)15-17-5-2-8-22-20(17)7-3-10-24-22/h2-3,5,7-8,10,13,18H,4,6,9,11-12,14-16H2,1H3/t18-/m1/s1. The molecule has 0 unspecified atom stereocenters. The van der Waals surface area contributed by atoms with E-state index in [0.29, 0.717) is 5.92 Å². The molecule has 1 atom stereocenters. The molecule has 0 N–H and O–H groups in total. The van der Waals surface area contributed by atoms with Gasteiger partial charge in [0, 0.05) is 67.6 Å². The molecule has 0 saturated carbocycles. The molecule has 3 aromatic rings. The lowest BCUT2D eigenvalue weighted by atomic mass is 9.95. The maximum atomic E-state index is 4.99. The molecule has 5 rings (SSSR count). The third kappa shape index (κ3) is 3.52. The normalized spacial score (nSPS) is 21.0. The molecule has 0 amide bonds. The van der Waals surface area contributed by atoms with E-state index in [1.165, 1.54) is 35.0 Å². The summed E-state index contributed by atoms with van der Waals surface area (Å²) in [5.74, 6) is 1.49. The van der Waals surface area contributed by atoms with Crippen molar-refractivity contribution in [1.82, 2.24) is 24.8 Å². The van der Waals surface area contributed by atoms with E-state index >= 15 is 0 Å². The number of rotatable bonds is 3. The number of benzene rings is 1. The highest BCUT2D eigenvalue weighted by molar-refractivity contribution is 5.81. The molecule has 5 heteroatoms. The molecule has 144 valence electrons. The lowest BCUT2D eigenvalue weighted by molar-refractivity contribution is 0.196. The molecule has 0 spiro atoms. The summed E-state index contributed by atoms with van der Waals surface area (Å²) in [7, 11) is 2.17. The van der Waals surface area contributed by atoms with Crippen molar-refractivity contribution in [3.05, 3.63) is 65.4 Å². The third-order valence-electron chi connectivity index (χ3n) is 6.14. The van der Waals surface area contributed by atoms with Crippen molar-refractivity contribution in [2.24, 2.45) is 0 Å². The summed E-state index contributed by atoms with van der Waals surface area (Å²) >= 11 is 0. The van der Waals surface area contributed by atoms with Crippen molar-refractivity contribution in [3.63, 3.8) is 0 Å². The molecule has 2 aliphatic heterocycles. The van der Waals surface area contributed by atoms with Gasteiger partial charge in [0.1, 0.15) is 5.82 Å². The fraction of sp³-hybridized carbons (Fsp3) is 0.435. The molecule has 28 heavy (non-hydrogen) atoms. The molecule has 2 aliphatic rings. The third-order valence-corrected chi connectivity index (χ3v) is 6.14. The van der Waals surface area contributed by atoms with Crippen LogP contribution >= 0.6 is 0 Å². The Labute approximate surface area is 166 Å². The minimum absolute atomic E-state index is 0.437. The minimum atomic E-state index is 0.437. The first-order chi connectivity index (χ1) is 13.8. The summed E-state index contributed by atoms with van der Waals surface area (Å²) < 4.78 is 0. The number of fused-ring (bicyclic) bond motifs is 2. The average molecular weight is 374 g/mol. The van der Waals surface area contributed by atoms with E-state index in [-0.39, 0.29) is 0 Å². The monoisotopic (exact) mass is 373 g/mol. The Morgan fingerprint density at radius 3 is 3.04 bits per heavy atom. The fourth-order valence-corrected chi connectivity index (χ4v) is 4.63. The Hall–Kier alpha value is -2.37. The Morgan fingerprint density at radius 2 is 2.07 bits per heavy atom. The number of likely N-dealkylation sites (tertiary alicyclic amines) is 1. The van der Waals surface area contributed by atoms with Crippen LogP contribution in [0.5, 0.6) is 0 Å². The molecule has 2 aromatic heterocycles. The van der Waals surface area contributed by atoms with Gasteiger partial charge in [-0.2, -0.15) is 0 Å². The Morgan fingerprint density at radius 1 is 1.11 bits per heavy atom. The van der Waals surface area contributed by atoms with Crippen LogP contribution in [0.4, 0.5) is 0 Å². The second-order valence-electron chi connectivity index (χ2n) is 8.25. The average Bonchev–Trinajstić information content (AvgIpc) is 2.74. The van der Waals surface area contributed by atoms with Crippen LogP contribution in [0.2, 0.25) is 0 Å². The van der Waals surface area contributed by atoms with Gasteiger partial charge in [-0.25, -0.2) is 9.97 Å². The first kappa shape index (κ1) is 17.7. The van der Waals surface area contributed by atoms with Crippen LogP contribution in [0, 0.1) is 0 Å². The molecule has 1 fully saturated rings. The first-order valence-electron chi connectivity index (χ1n) is 10.3. The van der Waals surface area contributed by atoms with Crippen molar-refractivity contribution < 1.29 is 0 Å². The molecular weight excluding hydrogens is 346 g/mol. The minimum Gasteiger partial charge on any atom is -0.302 e. The highest BCUT2D eigenvalue weighted by Gasteiger charge is 2.25. The maximum Gasteiger partial charge on any atom is 0.132 e. The first-order valence-corrected chi connectivity index (χ1v) is 10.3. The number of likely N-dealkylation sites (N-methyl/N-ethyl adjacent to an activating group) is 1. The Kier molecular flexibility index (Phi) is 4.79. The van der Waals surface area contributed by atoms with Gasteiger partial charge in [-0.05, 0) is 44.1 Å². The zero-order valence-corrected chi connectivity index (χ0v) is 16.5. The van der Waals surface area contributed by atoms with Crippen LogP contribution in [0.25, 0.3) is 10.9 Å². The van der Waals surface area contributed by atoms with Crippen LogP contribution in [-0.4, -0.2) is 51.4 Å². The molecule has 0 bridgehead atoms. The van der Waals surface area contributed by atoms with Gasteiger partial charge in [-0.3, -0.25) is 9.88 Å². The number of piperidine rings is 1. The van der Waals surface area contributed by atoms with Crippen LogP contribution in [0.3, 0.4) is 0 Å². The van der Waals surface area contributed by atoms with E-state index in [4.69, 9.17) is 9.97 Å². The smallest absolute Gasteiger partial charge is 0.132 e. The maximum absolute atomic E-state index is 4.99. The number of hydrogen-bond donors (Lipinski definition) is 0. The topological polar surface area (TPSA) is 45.2 Å². The zero-order chi connectivity index (χ0) is 18.9. The van der Waals surface area contributed by atoms with E-state index in [0.717, 1.165) is 50.5 Å².